The lowest BCUT2D eigenvalue weighted by atomic mass is 10.2. The molecule has 0 bridgehead atoms. The van der Waals surface area contributed by atoms with Gasteiger partial charge in [-0.3, -0.25) is 0 Å². The summed E-state index contributed by atoms with van der Waals surface area (Å²) in [6.45, 7) is 3.70. The Morgan fingerprint density at radius 3 is 3.08 bits per heavy atom. The molecule has 3 heteroatoms. The van der Waals surface area contributed by atoms with E-state index in [1.807, 2.05) is 24.3 Å². The molecule has 2 N–H and O–H groups in total. The first-order chi connectivity index (χ1) is 5.79. The van der Waals surface area contributed by atoms with Crippen LogP contribution in [0.15, 0.2) is 24.8 Å². The second-order valence-corrected chi connectivity index (χ2v) is 3.55. The zero-order valence-electron chi connectivity index (χ0n) is 6.45. The second kappa shape index (κ2) is 2.60. The first-order valence-electron chi connectivity index (χ1n) is 3.58. The molecule has 0 aliphatic rings. The third kappa shape index (κ3) is 1.08. The van der Waals surface area contributed by atoms with E-state index in [0.717, 1.165) is 15.8 Å². The zero-order chi connectivity index (χ0) is 8.55. The highest BCUT2D eigenvalue weighted by Gasteiger charge is 1.99. The Hall–Kier alpha value is -1.35. The minimum Gasteiger partial charge on any atom is -0.375 e. The first-order valence-corrected chi connectivity index (χ1v) is 4.40. The highest BCUT2D eigenvalue weighted by Crippen LogP contribution is 2.24. The molecule has 60 valence electrons. The molecule has 12 heavy (non-hydrogen) atoms. The van der Waals surface area contributed by atoms with Gasteiger partial charge >= 0.3 is 0 Å². The lowest BCUT2D eigenvalue weighted by Gasteiger charge is -1.90. The van der Waals surface area contributed by atoms with Gasteiger partial charge in [-0.15, -0.1) is 0 Å². The average Bonchev–Trinajstić information content (AvgIpc) is 2.43. The van der Waals surface area contributed by atoms with E-state index in [2.05, 4.69) is 11.6 Å². The molecule has 2 nitrogen and oxygen atoms in total. The summed E-state index contributed by atoms with van der Waals surface area (Å²) in [4.78, 5) is 4.15. The number of hydrogen-bond donors (Lipinski definition) is 1. The van der Waals surface area contributed by atoms with Crippen molar-refractivity contribution in [2.24, 2.45) is 0 Å². The Kier molecular flexibility index (Phi) is 1.59. The van der Waals surface area contributed by atoms with Crippen LogP contribution in [-0.4, -0.2) is 4.98 Å². The van der Waals surface area contributed by atoms with Crippen LogP contribution in [0.4, 0.5) is 5.13 Å². The van der Waals surface area contributed by atoms with E-state index in [4.69, 9.17) is 5.73 Å². The summed E-state index contributed by atoms with van der Waals surface area (Å²) < 4.78 is 1.12. The molecule has 0 saturated heterocycles. The lowest BCUT2D eigenvalue weighted by Crippen LogP contribution is -1.78. The van der Waals surface area contributed by atoms with Crippen molar-refractivity contribution in [3.63, 3.8) is 0 Å². The molecule has 1 heterocycles. The molecular weight excluding hydrogens is 168 g/mol. The fourth-order valence-corrected chi connectivity index (χ4v) is 1.87. The Balaban J connectivity index is 2.74. The molecule has 0 saturated carbocycles. The minimum atomic E-state index is 0.617. The maximum absolute atomic E-state index is 5.56. The summed E-state index contributed by atoms with van der Waals surface area (Å²) >= 11 is 1.50. The van der Waals surface area contributed by atoms with E-state index in [1.54, 1.807) is 0 Å². The van der Waals surface area contributed by atoms with Gasteiger partial charge in [0.15, 0.2) is 5.13 Å². The molecule has 0 unspecified atom stereocenters. The van der Waals surface area contributed by atoms with E-state index in [-0.39, 0.29) is 0 Å². The molecule has 2 aromatic rings. The summed E-state index contributed by atoms with van der Waals surface area (Å²) in [5.74, 6) is 0. The van der Waals surface area contributed by atoms with Gasteiger partial charge in [0.2, 0.25) is 0 Å². The van der Waals surface area contributed by atoms with Gasteiger partial charge in [-0.2, -0.15) is 0 Å². The number of nitrogen functional groups attached to an aromatic ring is 1. The highest BCUT2D eigenvalue weighted by molar-refractivity contribution is 7.22. The average molecular weight is 176 g/mol. The lowest BCUT2D eigenvalue weighted by molar-refractivity contribution is 1.49. The molecule has 0 amide bonds. The van der Waals surface area contributed by atoms with Crippen molar-refractivity contribution in [3.8, 4) is 0 Å². The number of benzene rings is 1. The Labute approximate surface area is 74.4 Å². The van der Waals surface area contributed by atoms with Crippen LogP contribution in [0.5, 0.6) is 0 Å². The van der Waals surface area contributed by atoms with Crippen LogP contribution in [0.25, 0.3) is 16.3 Å². The third-order valence-corrected chi connectivity index (χ3v) is 2.51. The van der Waals surface area contributed by atoms with Crippen LogP contribution in [0.3, 0.4) is 0 Å². The summed E-state index contributed by atoms with van der Waals surface area (Å²) in [7, 11) is 0. The predicted molar refractivity (Wildman–Crippen MR) is 54.1 cm³/mol. The van der Waals surface area contributed by atoms with Crippen LogP contribution in [0.1, 0.15) is 5.56 Å². The Morgan fingerprint density at radius 2 is 2.33 bits per heavy atom. The van der Waals surface area contributed by atoms with Crippen LogP contribution >= 0.6 is 11.3 Å². The number of anilines is 1. The maximum Gasteiger partial charge on any atom is 0.181 e. The smallest absolute Gasteiger partial charge is 0.181 e. The van der Waals surface area contributed by atoms with Gasteiger partial charge in [-0.05, 0) is 17.7 Å². The van der Waals surface area contributed by atoms with Gasteiger partial charge in [0.05, 0.1) is 10.2 Å². The molecule has 0 aliphatic carbocycles. The number of nitrogens with two attached hydrogens (primary N) is 1. The first kappa shape index (κ1) is 7.31. The number of thiazole rings is 1. The van der Waals surface area contributed by atoms with E-state index in [1.165, 1.54) is 11.3 Å². The maximum atomic E-state index is 5.56. The van der Waals surface area contributed by atoms with Gasteiger partial charge in [-0.1, -0.05) is 30.1 Å². The highest BCUT2D eigenvalue weighted by atomic mass is 32.1. The van der Waals surface area contributed by atoms with Crippen LogP contribution < -0.4 is 5.73 Å². The zero-order valence-corrected chi connectivity index (χ0v) is 7.27. The molecule has 0 aliphatic heterocycles. The molecule has 0 fully saturated rings. The van der Waals surface area contributed by atoms with Gasteiger partial charge in [-0.25, -0.2) is 4.98 Å². The number of aromatic nitrogens is 1. The van der Waals surface area contributed by atoms with E-state index >= 15 is 0 Å². The summed E-state index contributed by atoms with van der Waals surface area (Å²) in [5, 5.41) is 0.617. The van der Waals surface area contributed by atoms with E-state index in [9.17, 15) is 0 Å². The van der Waals surface area contributed by atoms with E-state index < -0.39 is 0 Å². The second-order valence-electron chi connectivity index (χ2n) is 2.48. The van der Waals surface area contributed by atoms with Crippen molar-refractivity contribution < 1.29 is 0 Å². The standard InChI is InChI=1S/C9H8N2S/c1-2-6-3-4-7-8(5-6)12-9(10)11-7/h2-5H,1H2,(H2,10,11). The molecule has 0 spiro atoms. The fraction of sp³-hybridized carbons (Fsp3) is 0. The van der Waals surface area contributed by atoms with Crippen molar-refractivity contribution in [2.45, 2.75) is 0 Å². The summed E-state index contributed by atoms with van der Waals surface area (Å²) in [5.41, 5.74) is 7.63. The molecule has 1 aromatic carbocycles. The van der Waals surface area contributed by atoms with Crippen LogP contribution in [-0.2, 0) is 0 Å². The summed E-state index contributed by atoms with van der Waals surface area (Å²) in [6, 6.07) is 5.98. The fourth-order valence-electron chi connectivity index (χ4n) is 1.09. The SMILES string of the molecule is C=Cc1ccc2nc(N)sc2c1. The number of hydrogen-bond acceptors (Lipinski definition) is 3. The van der Waals surface area contributed by atoms with Crippen molar-refractivity contribution >= 4 is 32.8 Å². The van der Waals surface area contributed by atoms with E-state index in [0.29, 0.717) is 5.13 Å². The van der Waals surface area contributed by atoms with Gasteiger partial charge in [0, 0.05) is 0 Å². The molecular formula is C9H8N2S. The van der Waals surface area contributed by atoms with Crippen molar-refractivity contribution in [1.82, 2.24) is 4.98 Å². The predicted octanol–water partition coefficient (Wildman–Crippen LogP) is 2.52. The number of nitrogens with zero attached hydrogens (tertiary/aromatic N) is 1. The Morgan fingerprint density at radius 1 is 1.50 bits per heavy atom. The quantitative estimate of drug-likeness (QED) is 0.725. The van der Waals surface area contributed by atoms with Crippen LogP contribution in [0.2, 0.25) is 0 Å². The van der Waals surface area contributed by atoms with Gasteiger partial charge in [0.25, 0.3) is 0 Å². The topological polar surface area (TPSA) is 38.9 Å². The summed E-state index contributed by atoms with van der Waals surface area (Å²) in [6.07, 6.45) is 1.81. The van der Waals surface area contributed by atoms with Crippen molar-refractivity contribution in [2.75, 3.05) is 5.73 Å². The van der Waals surface area contributed by atoms with Crippen molar-refractivity contribution in [1.29, 1.82) is 0 Å². The molecule has 0 radical (unpaired) electrons. The van der Waals surface area contributed by atoms with Crippen LogP contribution in [0, 0.1) is 0 Å². The van der Waals surface area contributed by atoms with Gasteiger partial charge < -0.3 is 5.73 Å². The monoisotopic (exact) mass is 176 g/mol. The van der Waals surface area contributed by atoms with Gasteiger partial charge in [0.1, 0.15) is 0 Å². The largest absolute Gasteiger partial charge is 0.375 e. The molecule has 0 atom stereocenters. The third-order valence-electron chi connectivity index (χ3n) is 1.66. The normalized spacial score (nSPS) is 10.3. The Bertz CT molecular complexity index is 431. The van der Waals surface area contributed by atoms with Crippen molar-refractivity contribution in [3.05, 3.63) is 30.3 Å². The number of rotatable bonds is 1. The molecule has 2 rings (SSSR count). The molecule has 1 aromatic heterocycles. The number of fused-ring (bicyclic) bond motifs is 1. The minimum absolute atomic E-state index is 0.617.